The fraction of sp³-hybridized carbons (Fsp3) is 0.522. The van der Waals surface area contributed by atoms with Crippen LogP contribution >= 0.6 is 0 Å². The lowest BCUT2D eigenvalue weighted by molar-refractivity contribution is -0.120. The van der Waals surface area contributed by atoms with E-state index in [1.165, 1.54) is 9.47 Å². The van der Waals surface area contributed by atoms with Crippen LogP contribution < -0.4 is 26.6 Å². The van der Waals surface area contributed by atoms with Gasteiger partial charge in [0.2, 0.25) is 0 Å². The first-order chi connectivity index (χ1) is 14.8. The van der Waals surface area contributed by atoms with Gasteiger partial charge in [0.05, 0.1) is 0 Å². The summed E-state index contributed by atoms with van der Waals surface area (Å²) in [7, 11) is 0. The number of ether oxygens (including phenoxy) is 1. The summed E-state index contributed by atoms with van der Waals surface area (Å²) in [4.78, 5) is 41.7. The number of aromatic amines is 1. The fourth-order valence-corrected chi connectivity index (χ4v) is 3.36. The number of benzene rings is 1. The highest BCUT2D eigenvalue weighted by molar-refractivity contribution is 5.96. The maximum atomic E-state index is 13.1. The summed E-state index contributed by atoms with van der Waals surface area (Å²) < 4.78 is 7.10. The first-order valence-electron chi connectivity index (χ1n) is 10.9. The quantitative estimate of drug-likeness (QED) is 0.532. The molecule has 1 heterocycles. The van der Waals surface area contributed by atoms with Gasteiger partial charge in [-0.05, 0) is 43.9 Å². The second kappa shape index (κ2) is 11.4. The molecule has 1 aromatic carbocycles. The van der Waals surface area contributed by atoms with Crippen LogP contribution in [0.3, 0.4) is 0 Å². The summed E-state index contributed by atoms with van der Waals surface area (Å²) in [6.07, 6.45) is 4.16. The van der Waals surface area contributed by atoms with Gasteiger partial charge in [-0.15, -0.1) is 0 Å². The Morgan fingerprint density at radius 2 is 1.84 bits per heavy atom. The zero-order valence-corrected chi connectivity index (χ0v) is 19.0. The van der Waals surface area contributed by atoms with Gasteiger partial charge in [0.1, 0.15) is 11.6 Å². The Morgan fingerprint density at radius 1 is 1.13 bits per heavy atom. The third-order valence-corrected chi connectivity index (χ3v) is 5.41. The lowest BCUT2D eigenvalue weighted by atomic mass is 10.1. The summed E-state index contributed by atoms with van der Waals surface area (Å²) in [5.41, 5.74) is 7.04. The van der Waals surface area contributed by atoms with Crippen molar-refractivity contribution < 1.29 is 9.53 Å². The molecule has 31 heavy (non-hydrogen) atoms. The highest BCUT2D eigenvalue weighted by Gasteiger charge is 2.24. The first-order valence-corrected chi connectivity index (χ1v) is 10.9. The van der Waals surface area contributed by atoms with Crippen LogP contribution in [-0.4, -0.2) is 28.6 Å². The van der Waals surface area contributed by atoms with Gasteiger partial charge >= 0.3 is 5.69 Å². The molecule has 1 aromatic heterocycles. The molecule has 0 atom stereocenters. The number of rotatable bonds is 11. The summed E-state index contributed by atoms with van der Waals surface area (Å²) >= 11 is 0. The Labute approximate surface area is 183 Å². The number of hydrogen-bond donors (Lipinski definition) is 2. The molecule has 8 nitrogen and oxygen atoms in total. The maximum Gasteiger partial charge on any atom is 0.330 e. The number of carbonyl (C=O) groups is 1. The smallest absolute Gasteiger partial charge is 0.330 e. The minimum absolute atomic E-state index is 0.0128. The van der Waals surface area contributed by atoms with Crippen LogP contribution in [0.25, 0.3) is 0 Å². The molecule has 0 saturated carbocycles. The minimum atomic E-state index is -0.660. The third-order valence-electron chi connectivity index (χ3n) is 5.41. The minimum Gasteiger partial charge on any atom is -0.483 e. The lowest BCUT2D eigenvalue weighted by Gasteiger charge is -2.25. The molecule has 2 rings (SSSR count). The first kappa shape index (κ1) is 24.2. The summed E-state index contributed by atoms with van der Waals surface area (Å²) in [6.45, 7) is 8.43. The van der Waals surface area contributed by atoms with Crippen LogP contribution in [0.5, 0.6) is 5.75 Å². The number of nitrogens with zero attached hydrogens (tertiary/aromatic N) is 2. The number of nitrogens with one attached hydrogen (secondary N) is 1. The number of anilines is 2. The van der Waals surface area contributed by atoms with Crippen molar-refractivity contribution in [1.29, 1.82) is 0 Å². The number of aromatic nitrogens is 2. The SMILES string of the molecule is CCCCCN(C(=O)COc1cccc(C)c1C)c1c(N)n(CCCC)c(=O)[nH]c1=O. The van der Waals surface area contributed by atoms with Crippen LogP contribution in [0.2, 0.25) is 0 Å². The summed E-state index contributed by atoms with van der Waals surface area (Å²) in [6, 6.07) is 5.65. The van der Waals surface area contributed by atoms with Crippen molar-refractivity contribution in [2.45, 2.75) is 66.3 Å². The van der Waals surface area contributed by atoms with E-state index in [1.54, 1.807) is 0 Å². The van der Waals surface area contributed by atoms with E-state index in [2.05, 4.69) is 11.9 Å². The molecule has 0 aliphatic rings. The van der Waals surface area contributed by atoms with Crippen molar-refractivity contribution in [3.8, 4) is 5.75 Å². The second-order valence-corrected chi connectivity index (χ2v) is 7.74. The lowest BCUT2D eigenvalue weighted by Crippen LogP contribution is -2.43. The molecule has 3 N–H and O–H groups in total. The molecular weight excluding hydrogens is 396 g/mol. The molecule has 0 fully saturated rings. The van der Waals surface area contributed by atoms with E-state index in [-0.39, 0.29) is 24.0 Å². The second-order valence-electron chi connectivity index (χ2n) is 7.74. The predicted octanol–water partition coefficient (Wildman–Crippen LogP) is 3.14. The van der Waals surface area contributed by atoms with Gasteiger partial charge in [0.15, 0.2) is 12.3 Å². The largest absolute Gasteiger partial charge is 0.483 e. The summed E-state index contributed by atoms with van der Waals surface area (Å²) in [5, 5.41) is 0. The predicted molar refractivity (Wildman–Crippen MR) is 124 cm³/mol. The molecule has 170 valence electrons. The number of nitrogens with two attached hydrogens (primary N) is 1. The number of H-pyrrole nitrogens is 1. The Morgan fingerprint density at radius 3 is 2.52 bits per heavy atom. The Hall–Kier alpha value is -3.03. The van der Waals surface area contributed by atoms with Gasteiger partial charge in [-0.3, -0.25) is 19.1 Å². The van der Waals surface area contributed by atoms with Crippen molar-refractivity contribution in [2.24, 2.45) is 0 Å². The van der Waals surface area contributed by atoms with Crippen molar-refractivity contribution >= 4 is 17.4 Å². The van der Waals surface area contributed by atoms with E-state index in [0.29, 0.717) is 25.3 Å². The van der Waals surface area contributed by atoms with Crippen LogP contribution in [0.15, 0.2) is 27.8 Å². The third kappa shape index (κ3) is 5.99. The van der Waals surface area contributed by atoms with Gasteiger partial charge in [0, 0.05) is 13.1 Å². The molecule has 0 unspecified atom stereocenters. The van der Waals surface area contributed by atoms with Crippen molar-refractivity contribution in [3.63, 3.8) is 0 Å². The Bertz CT molecular complexity index is 1010. The Kier molecular flexibility index (Phi) is 8.90. The molecule has 2 aromatic rings. The monoisotopic (exact) mass is 430 g/mol. The molecular formula is C23H34N4O4. The number of unbranched alkanes of at least 4 members (excludes halogenated alkanes) is 3. The molecule has 0 saturated heterocycles. The molecule has 8 heteroatoms. The van der Waals surface area contributed by atoms with Gasteiger partial charge in [-0.2, -0.15) is 0 Å². The van der Waals surface area contributed by atoms with E-state index in [4.69, 9.17) is 10.5 Å². The highest BCUT2D eigenvalue weighted by Crippen LogP contribution is 2.22. The van der Waals surface area contributed by atoms with Gasteiger partial charge < -0.3 is 15.4 Å². The van der Waals surface area contributed by atoms with Crippen LogP contribution in [-0.2, 0) is 11.3 Å². The Balaban J connectivity index is 2.37. The van der Waals surface area contributed by atoms with Gasteiger partial charge in [-0.25, -0.2) is 4.79 Å². The summed E-state index contributed by atoms with van der Waals surface area (Å²) in [5.74, 6) is 0.255. The number of carbonyl (C=O) groups excluding carboxylic acids is 1. The zero-order valence-electron chi connectivity index (χ0n) is 19.0. The number of nitrogen functional groups attached to an aromatic ring is 1. The van der Waals surface area contributed by atoms with E-state index in [0.717, 1.165) is 36.8 Å². The highest BCUT2D eigenvalue weighted by atomic mass is 16.5. The van der Waals surface area contributed by atoms with E-state index in [9.17, 15) is 14.4 Å². The average Bonchev–Trinajstić information content (AvgIpc) is 2.73. The van der Waals surface area contributed by atoms with E-state index >= 15 is 0 Å². The normalized spacial score (nSPS) is 10.8. The van der Waals surface area contributed by atoms with Crippen molar-refractivity contribution in [1.82, 2.24) is 9.55 Å². The number of amides is 1. The molecule has 0 spiro atoms. The molecule has 1 amide bonds. The molecule has 0 radical (unpaired) electrons. The maximum absolute atomic E-state index is 13.1. The number of hydrogen-bond acceptors (Lipinski definition) is 5. The van der Waals surface area contributed by atoms with Crippen molar-refractivity contribution in [2.75, 3.05) is 23.8 Å². The van der Waals surface area contributed by atoms with Crippen LogP contribution in [0.4, 0.5) is 11.5 Å². The van der Waals surface area contributed by atoms with E-state index < -0.39 is 11.2 Å². The van der Waals surface area contributed by atoms with Crippen LogP contribution in [0, 0.1) is 13.8 Å². The van der Waals surface area contributed by atoms with Crippen molar-refractivity contribution in [3.05, 3.63) is 50.2 Å². The van der Waals surface area contributed by atoms with Gasteiger partial charge in [-0.1, -0.05) is 45.2 Å². The average molecular weight is 431 g/mol. The van der Waals surface area contributed by atoms with Gasteiger partial charge in [0.25, 0.3) is 11.5 Å². The zero-order chi connectivity index (χ0) is 23.0. The molecule has 0 aliphatic carbocycles. The number of aryl methyl sites for hydroxylation is 1. The molecule has 0 bridgehead atoms. The topological polar surface area (TPSA) is 110 Å². The molecule has 0 aliphatic heterocycles. The van der Waals surface area contributed by atoms with Crippen LogP contribution in [0.1, 0.15) is 57.1 Å². The van der Waals surface area contributed by atoms with E-state index in [1.807, 2.05) is 39.0 Å². The standard InChI is InChI=1S/C23H34N4O4/c1-5-7-9-14-26(19(28)15-31-18-12-10-11-16(3)17(18)4)20-21(24)27(13-8-6-2)23(30)25-22(20)29/h10-12H,5-9,13-15,24H2,1-4H3,(H,25,29,30). The fourth-order valence-electron chi connectivity index (χ4n) is 3.36.